The highest BCUT2D eigenvalue weighted by atomic mass is 16.2. The van der Waals surface area contributed by atoms with E-state index in [1.807, 2.05) is 25.1 Å². The van der Waals surface area contributed by atoms with E-state index in [0.29, 0.717) is 17.7 Å². The van der Waals surface area contributed by atoms with Crippen LogP contribution in [0.2, 0.25) is 0 Å². The number of hydrogen-bond acceptors (Lipinski definition) is 4. The van der Waals surface area contributed by atoms with Crippen LogP contribution in [0.15, 0.2) is 48.5 Å². The molecule has 2 aromatic carbocycles. The lowest BCUT2D eigenvalue weighted by atomic mass is 9.95. The molecule has 0 bridgehead atoms. The molecular weight excluding hydrogens is 424 g/mol. The van der Waals surface area contributed by atoms with E-state index >= 15 is 0 Å². The van der Waals surface area contributed by atoms with Crippen molar-refractivity contribution in [1.29, 1.82) is 0 Å². The van der Waals surface area contributed by atoms with Crippen LogP contribution in [-0.4, -0.2) is 48.9 Å². The Labute approximate surface area is 203 Å². The number of rotatable bonds is 8. The smallest absolute Gasteiger partial charge is 0.253 e. The zero-order chi connectivity index (χ0) is 23.8. The fraction of sp³-hybridized carbons (Fsp3) is 0.500. The Morgan fingerprint density at radius 1 is 0.941 bits per heavy atom. The molecule has 6 heteroatoms. The first-order chi connectivity index (χ1) is 16.6. The van der Waals surface area contributed by atoms with E-state index in [4.69, 9.17) is 0 Å². The summed E-state index contributed by atoms with van der Waals surface area (Å²) in [6.07, 6.45) is 6.98. The molecule has 1 saturated heterocycles. The van der Waals surface area contributed by atoms with Crippen molar-refractivity contribution in [3.63, 3.8) is 0 Å². The first-order valence-electron chi connectivity index (χ1n) is 12.9. The maximum absolute atomic E-state index is 13.4. The molecule has 2 fully saturated rings. The van der Waals surface area contributed by atoms with E-state index < -0.39 is 0 Å². The molecule has 2 N–H and O–H groups in total. The summed E-state index contributed by atoms with van der Waals surface area (Å²) in [6, 6.07) is 16.6. The number of carbonyl (C=O) groups excluding carboxylic acids is 2. The Hall–Kier alpha value is -2.86. The Morgan fingerprint density at radius 3 is 2.38 bits per heavy atom. The van der Waals surface area contributed by atoms with Crippen LogP contribution < -0.4 is 15.5 Å². The van der Waals surface area contributed by atoms with E-state index in [2.05, 4.69) is 50.8 Å². The molecule has 34 heavy (non-hydrogen) atoms. The summed E-state index contributed by atoms with van der Waals surface area (Å²) in [7, 11) is 0. The fourth-order valence-electron chi connectivity index (χ4n) is 5.02. The molecule has 1 heterocycles. The molecule has 1 saturated carbocycles. The molecule has 2 aromatic rings. The van der Waals surface area contributed by atoms with Gasteiger partial charge in [-0.2, -0.15) is 0 Å². The molecule has 182 valence electrons. The van der Waals surface area contributed by atoms with Crippen LogP contribution >= 0.6 is 0 Å². The Balaban J connectivity index is 1.47. The van der Waals surface area contributed by atoms with Crippen LogP contribution in [-0.2, 0) is 11.3 Å². The highest BCUT2D eigenvalue weighted by molar-refractivity contribution is 6.02. The van der Waals surface area contributed by atoms with Crippen molar-refractivity contribution in [2.75, 3.05) is 36.4 Å². The monoisotopic (exact) mass is 462 g/mol. The molecule has 0 aromatic heterocycles. The first kappa shape index (κ1) is 24.3. The molecule has 6 nitrogen and oxygen atoms in total. The number of piperazine rings is 1. The van der Waals surface area contributed by atoms with Crippen molar-refractivity contribution >= 4 is 23.2 Å². The second-order valence-corrected chi connectivity index (χ2v) is 9.59. The van der Waals surface area contributed by atoms with E-state index in [9.17, 15) is 9.59 Å². The van der Waals surface area contributed by atoms with Crippen molar-refractivity contribution in [1.82, 2.24) is 10.2 Å². The minimum atomic E-state index is -0.0276. The summed E-state index contributed by atoms with van der Waals surface area (Å²) >= 11 is 0. The van der Waals surface area contributed by atoms with Crippen molar-refractivity contribution < 1.29 is 9.59 Å². The van der Waals surface area contributed by atoms with Crippen LogP contribution in [0.1, 0.15) is 67.8 Å². The number of nitrogens with zero attached hydrogens (tertiary/aromatic N) is 2. The number of amides is 2. The SMILES string of the molecule is CCCC(=O)Nc1ccc(N2CCN(Cc3ccccc3)CC2)c(C(=O)NC2CCCCC2)c1. The van der Waals surface area contributed by atoms with Crippen LogP contribution in [0.5, 0.6) is 0 Å². The van der Waals surface area contributed by atoms with E-state index in [1.165, 1.54) is 24.8 Å². The average molecular weight is 463 g/mol. The standard InChI is InChI=1S/C28H38N4O2/c1-2-9-27(33)29-24-14-15-26(25(20-24)28(34)30-23-12-7-4-8-13-23)32-18-16-31(17-19-32)21-22-10-5-3-6-11-22/h3,5-6,10-11,14-15,20,23H,2,4,7-9,12-13,16-19,21H2,1H3,(H,29,33)(H,30,34). The molecule has 1 aliphatic carbocycles. The molecule has 2 aliphatic rings. The third kappa shape index (κ3) is 6.60. The third-order valence-corrected chi connectivity index (χ3v) is 6.90. The molecule has 1 aliphatic heterocycles. The zero-order valence-corrected chi connectivity index (χ0v) is 20.4. The van der Waals surface area contributed by atoms with Gasteiger partial charge in [-0.15, -0.1) is 0 Å². The van der Waals surface area contributed by atoms with Crippen LogP contribution in [0.4, 0.5) is 11.4 Å². The first-order valence-corrected chi connectivity index (χ1v) is 12.9. The van der Waals surface area contributed by atoms with E-state index in [1.54, 1.807) is 0 Å². The van der Waals surface area contributed by atoms with Gasteiger partial charge in [0.2, 0.25) is 5.91 Å². The van der Waals surface area contributed by atoms with Crippen molar-refractivity contribution in [2.45, 2.75) is 64.5 Å². The van der Waals surface area contributed by atoms with Gasteiger partial charge in [0, 0.05) is 56.6 Å². The van der Waals surface area contributed by atoms with E-state index in [-0.39, 0.29) is 17.9 Å². The molecule has 0 unspecified atom stereocenters. The summed E-state index contributed by atoms with van der Waals surface area (Å²) in [6.45, 7) is 6.59. The predicted octanol–water partition coefficient (Wildman–Crippen LogP) is 4.81. The molecule has 0 radical (unpaired) electrons. The summed E-state index contributed by atoms with van der Waals surface area (Å²) in [5.41, 5.74) is 3.65. The number of nitrogens with one attached hydrogen (secondary N) is 2. The summed E-state index contributed by atoms with van der Waals surface area (Å²) in [5.74, 6) is -0.0383. The van der Waals surface area contributed by atoms with Crippen LogP contribution in [0.3, 0.4) is 0 Å². The number of hydrogen-bond donors (Lipinski definition) is 2. The predicted molar refractivity (Wildman–Crippen MR) is 138 cm³/mol. The van der Waals surface area contributed by atoms with Crippen LogP contribution in [0, 0.1) is 0 Å². The Kier molecular flexibility index (Phi) is 8.58. The molecule has 4 rings (SSSR count). The second-order valence-electron chi connectivity index (χ2n) is 9.59. The van der Waals surface area contributed by atoms with Gasteiger partial charge in [-0.1, -0.05) is 56.5 Å². The van der Waals surface area contributed by atoms with Crippen molar-refractivity contribution in [3.8, 4) is 0 Å². The number of anilines is 2. The van der Waals surface area contributed by atoms with E-state index in [0.717, 1.165) is 57.7 Å². The second kappa shape index (κ2) is 12.0. The topological polar surface area (TPSA) is 64.7 Å². The maximum atomic E-state index is 13.4. The molecular formula is C28H38N4O2. The van der Waals surface area contributed by atoms with Gasteiger partial charge in [-0.25, -0.2) is 0 Å². The minimum Gasteiger partial charge on any atom is -0.368 e. The van der Waals surface area contributed by atoms with Gasteiger partial charge >= 0.3 is 0 Å². The van der Waals surface area contributed by atoms with Gasteiger partial charge in [0.1, 0.15) is 0 Å². The van der Waals surface area contributed by atoms with Gasteiger partial charge in [0.05, 0.1) is 5.56 Å². The Bertz CT molecular complexity index is 948. The lowest BCUT2D eigenvalue weighted by Crippen LogP contribution is -2.46. The summed E-state index contributed by atoms with van der Waals surface area (Å²) < 4.78 is 0. The average Bonchev–Trinajstić information content (AvgIpc) is 2.86. The molecule has 0 atom stereocenters. The summed E-state index contributed by atoms with van der Waals surface area (Å²) in [5, 5.41) is 6.23. The maximum Gasteiger partial charge on any atom is 0.253 e. The van der Waals surface area contributed by atoms with Gasteiger partial charge in [0.15, 0.2) is 0 Å². The molecule has 0 spiro atoms. The highest BCUT2D eigenvalue weighted by Gasteiger charge is 2.24. The van der Waals surface area contributed by atoms with Gasteiger partial charge in [0.25, 0.3) is 5.91 Å². The zero-order valence-electron chi connectivity index (χ0n) is 20.4. The van der Waals surface area contributed by atoms with Crippen molar-refractivity contribution in [3.05, 3.63) is 59.7 Å². The fourth-order valence-corrected chi connectivity index (χ4v) is 5.02. The van der Waals surface area contributed by atoms with Gasteiger partial charge in [-0.05, 0) is 43.0 Å². The lowest BCUT2D eigenvalue weighted by Gasteiger charge is -2.37. The quantitative estimate of drug-likeness (QED) is 0.591. The van der Waals surface area contributed by atoms with Crippen LogP contribution in [0.25, 0.3) is 0 Å². The Morgan fingerprint density at radius 2 is 1.68 bits per heavy atom. The number of benzene rings is 2. The minimum absolute atomic E-state index is 0.0107. The summed E-state index contributed by atoms with van der Waals surface area (Å²) in [4.78, 5) is 30.3. The number of carbonyl (C=O) groups is 2. The van der Waals surface area contributed by atoms with Gasteiger partial charge in [-0.3, -0.25) is 14.5 Å². The van der Waals surface area contributed by atoms with Crippen molar-refractivity contribution in [2.24, 2.45) is 0 Å². The lowest BCUT2D eigenvalue weighted by molar-refractivity contribution is -0.116. The normalized spacial score (nSPS) is 17.4. The largest absolute Gasteiger partial charge is 0.368 e. The van der Waals surface area contributed by atoms with Gasteiger partial charge < -0.3 is 15.5 Å². The highest BCUT2D eigenvalue weighted by Crippen LogP contribution is 2.27. The molecule has 2 amide bonds. The third-order valence-electron chi connectivity index (χ3n) is 6.90.